The van der Waals surface area contributed by atoms with Crippen molar-refractivity contribution in [1.29, 1.82) is 0 Å². The lowest BCUT2D eigenvalue weighted by Gasteiger charge is -2.31. The predicted molar refractivity (Wildman–Crippen MR) is 126 cm³/mol. The van der Waals surface area contributed by atoms with Crippen molar-refractivity contribution in [3.8, 4) is 0 Å². The van der Waals surface area contributed by atoms with Gasteiger partial charge in [-0.15, -0.1) is 0 Å². The second kappa shape index (κ2) is 13.9. The summed E-state index contributed by atoms with van der Waals surface area (Å²) in [6.45, 7) is 7.56. The van der Waals surface area contributed by atoms with E-state index in [4.69, 9.17) is 23.1 Å². The highest BCUT2D eigenvalue weighted by molar-refractivity contribution is 7.80. The normalized spacial score (nSPS) is 12.3. The lowest BCUT2D eigenvalue weighted by molar-refractivity contribution is -0.139. The minimum absolute atomic E-state index is 0.00506. The van der Waals surface area contributed by atoms with E-state index in [1.807, 2.05) is 43.0 Å². The largest absolute Gasteiger partial charge is 0.480 e. The van der Waals surface area contributed by atoms with E-state index < -0.39 is 11.9 Å². The van der Waals surface area contributed by atoms with Gasteiger partial charge < -0.3 is 26.2 Å². The van der Waals surface area contributed by atoms with E-state index in [9.17, 15) is 14.7 Å². The van der Waals surface area contributed by atoms with Crippen molar-refractivity contribution in [2.45, 2.75) is 26.3 Å². The summed E-state index contributed by atoms with van der Waals surface area (Å²) in [5.74, 6) is -1.70. The summed E-state index contributed by atoms with van der Waals surface area (Å²) in [6.07, 6.45) is 0.716. The fourth-order valence-electron chi connectivity index (χ4n) is 3.29. The molecule has 0 aromatic heterocycles. The van der Waals surface area contributed by atoms with E-state index in [1.165, 1.54) is 0 Å². The number of likely N-dealkylation sites (N-methyl/N-ethyl adjacent to an activating group) is 2. The zero-order valence-corrected chi connectivity index (χ0v) is 19.4. The van der Waals surface area contributed by atoms with Crippen molar-refractivity contribution in [1.82, 2.24) is 14.7 Å². The lowest BCUT2D eigenvalue weighted by Crippen LogP contribution is -2.44. The van der Waals surface area contributed by atoms with Crippen LogP contribution < -0.4 is 11.1 Å². The van der Waals surface area contributed by atoms with Crippen molar-refractivity contribution in [3.63, 3.8) is 0 Å². The molecule has 0 saturated heterocycles. The molecule has 174 valence electrons. The minimum Gasteiger partial charge on any atom is -0.480 e. The van der Waals surface area contributed by atoms with Gasteiger partial charge in [0.1, 0.15) is 0 Å². The van der Waals surface area contributed by atoms with Crippen LogP contribution in [0.2, 0.25) is 0 Å². The van der Waals surface area contributed by atoms with E-state index >= 15 is 0 Å². The monoisotopic (exact) mass is 453 g/mol. The standard InChI is InChI=1S/C21H35N5O4S/c1-4-25(10-9-24(3)14-19(27)28)11-12-26(15-20(29)30)16(2)13-17-5-7-18(8-6-17)23-21(22)31/h5-8,16H,4,9-15H2,1-3H3,(H,27,28)(H,29,30)(H3,22,23,31). The van der Waals surface area contributed by atoms with Crippen LogP contribution in [-0.4, -0.2) is 101 Å². The second-order valence-corrected chi connectivity index (χ2v) is 8.11. The molecule has 0 heterocycles. The van der Waals surface area contributed by atoms with Crippen molar-refractivity contribution in [2.75, 3.05) is 58.2 Å². The van der Waals surface area contributed by atoms with Crippen molar-refractivity contribution >= 4 is 35.0 Å². The van der Waals surface area contributed by atoms with Gasteiger partial charge in [-0.05, 0) is 56.9 Å². The van der Waals surface area contributed by atoms with Gasteiger partial charge in [0.25, 0.3) is 0 Å². The molecule has 5 N–H and O–H groups in total. The third kappa shape index (κ3) is 11.6. The Hall–Kier alpha value is -2.27. The molecule has 0 fully saturated rings. The first-order valence-electron chi connectivity index (χ1n) is 10.3. The third-order valence-corrected chi connectivity index (χ3v) is 5.17. The lowest BCUT2D eigenvalue weighted by atomic mass is 10.1. The number of anilines is 1. The molecule has 10 heteroatoms. The third-order valence-electron chi connectivity index (χ3n) is 5.07. The molecule has 1 aromatic carbocycles. The summed E-state index contributed by atoms with van der Waals surface area (Å²) >= 11 is 4.84. The Labute approximate surface area is 189 Å². The number of rotatable bonds is 15. The quantitative estimate of drug-likeness (QED) is 0.286. The molecule has 0 saturated carbocycles. The summed E-state index contributed by atoms with van der Waals surface area (Å²) in [7, 11) is 1.78. The highest BCUT2D eigenvalue weighted by Crippen LogP contribution is 2.13. The van der Waals surface area contributed by atoms with Crippen LogP contribution in [-0.2, 0) is 16.0 Å². The Morgan fingerprint density at radius 1 is 1.06 bits per heavy atom. The predicted octanol–water partition coefficient (Wildman–Crippen LogP) is 0.998. The van der Waals surface area contributed by atoms with Crippen LogP contribution in [0.25, 0.3) is 0 Å². The fraction of sp³-hybridized carbons (Fsp3) is 0.571. The Morgan fingerprint density at radius 3 is 2.16 bits per heavy atom. The molecule has 0 radical (unpaired) electrons. The number of thiocarbonyl (C=S) groups is 1. The summed E-state index contributed by atoms with van der Waals surface area (Å²) in [4.78, 5) is 28.1. The Morgan fingerprint density at radius 2 is 1.65 bits per heavy atom. The smallest absolute Gasteiger partial charge is 0.317 e. The molecule has 0 aliphatic rings. The first kappa shape index (κ1) is 26.8. The number of hydrogen-bond donors (Lipinski definition) is 4. The molecule has 0 spiro atoms. The van der Waals surface area contributed by atoms with E-state index in [2.05, 4.69) is 10.2 Å². The van der Waals surface area contributed by atoms with E-state index in [1.54, 1.807) is 11.9 Å². The summed E-state index contributed by atoms with van der Waals surface area (Å²) in [5.41, 5.74) is 7.40. The molecule has 0 aliphatic carbocycles. The molecule has 31 heavy (non-hydrogen) atoms. The molecule has 0 aliphatic heterocycles. The number of nitrogens with two attached hydrogens (primary N) is 1. The van der Waals surface area contributed by atoms with Gasteiger partial charge in [-0.1, -0.05) is 19.1 Å². The van der Waals surface area contributed by atoms with Crippen molar-refractivity contribution in [2.24, 2.45) is 5.73 Å². The van der Waals surface area contributed by atoms with Gasteiger partial charge >= 0.3 is 11.9 Å². The number of carbonyl (C=O) groups is 2. The Kier molecular flexibility index (Phi) is 12.0. The van der Waals surface area contributed by atoms with Crippen LogP contribution in [0, 0.1) is 0 Å². The summed E-state index contributed by atoms with van der Waals surface area (Å²) in [6, 6.07) is 7.79. The van der Waals surface area contributed by atoms with Crippen LogP contribution in [0.4, 0.5) is 5.69 Å². The Bertz CT molecular complexity index is 716. The molecule has 1 unspecified atom stereocenters. The molecule has 1 atom stereocenters. The number of hydrogen-bond acceptors (Lipinski definition) is 6. The van der Waals surface area contributed by atoms with E-state index in [0.717, 1.165) is 24.3 Å². The molecular weight excluding hydrogens is 418 g/mol. The minimum atomic E-state index is -0.855. The maximum atomic E-state index is 11.4. The van der Waals surface area contributed by atoms with Crippen LogP contribution in [0.15, 0.2) is 24.3 Å². The van der Waals surface area contributed by atoms with Crippen molar-refractivity contribution in [3.05, 3.63) is 29.8 Å². The maximum absolute atomic E-state index is 11.4. The highest BCUT2D eigenvalue weighted by Gasteiger charge is 2.18. The van der Waals surface area contributed by atoms with E-state index in [0.29, 0.717) is 26.1 Å². The number of carboxylic acids is 2. The molecule has 0 amide bonds. The van der Waals surface area contributed by atoms with Crippen LogP contribution >= 0.6 is 12.2 Å². The molecule has 0 bridgehead atoms. The van der Waals surface area contributed by atoms with Gasteiger partial charge in [-0.25, -0.2) is 0 Å². The van der Waals surface area contributed by atoms with Gasteiger partial charge in [0.15, 0.2) is 5.11 Å². The van der Waals surface area contributed by atoms with Gasteiger partial charge in [0, 0.05) is 37.9 Å². The van der Waals surface area contributed by atoms with Gasteiger partial charge in [-0.3, -0.25) is 19.4 Å². The molecule has 1 rings (SSSR count). The van der Waals surface area contributed by atoms with Gasteiger partial charge in [0.2, 0.25) is 0 Å². The van der Waals surface area contributed by atoms with E-state index in [-0.39, 0.29) is 24.2 Å². The SMILES string of the molecule is CCN(CCN(C)CC(=O)O)CCN(CC(=O)O)C(C)Cc1ccc(NC(N)=S)cc1. The number of carboxylic acid groups (broad SMARTS) is 2. The van der Waals surface area contributed by atoms with Crippen LogP contribution in [0.5, 0.6) is 0 Å². The molecular formula is C21H35N5O4S. The number of nitrogens with zero attached hydrogens (tertiary/aromatic N) is 3. The van der Waals surface area contributed by atoms with Gasteiger partial charge in [-0.2, -0.15) is 0 Å². The number of nitrogens with one attached hydrogen (secondary N) is 1. The highest BCUT2D eigenvalue weighted by atomic mass is 32.1. The fourth-order valence-corrected chi connectivity index (χ4v) is 3.40. The number of aliphatic carboxylic acids is 2. The topological polar surface area (TPSA) is 122 Å². The van der Waals surface area contributed by atoms with Crippen molar-refractivity contribution < 1.29 is 19.8 Å². The zero-order valence-electron chi connectivity index (χ0n) is 18.6. The maximum Gasteiger partial charge on any atom is 0.317 e. The Balaban J connectivity index is 2.64. The average molecular weight is 454 g/mol. The van der Waals surface area contributed by atoms with Crippen LogP contribution in [0.1, 0.15) is 19.4 Å². The molecule has 1 aromatic rings. The first-order chi connectivity index (χ1) is 14.6. The summed E-state index contributed by atoms with van der Waals surface area (Å²) < 4.78 is 0. The second-order valence-electron chi connectivity index (χ2n) is 7.67. The average Bonchev–Trinajstić information content (AvgIpc) is 2.67. The van der Waals surface area contributed by atoms with Gasteiger partial charge in [0.05, 0.1) is 13.1 Å². The first-order valence-corrected chi connectivity index (χ1v) is 10.8. The summed E-state index contributed by atoms with van der Waals surface area (Å²) in [5, 5.41) is 21.3. The zero-order chi connectivity index (χ0) is 23.4. The number of benzene rings is 1. The van der Waals surface area contributed by atoms with Crippen LogP contribution in [0.3, 0.4) is 0 Å². The molecule has 9 nitrogen and oxygen atoms in total.